The number of nitrogens with one attached hydrogen (secondary N) is 1. The summed E-state index contributed by atoms with van der Waals surface area (Å²) in [6, 6.07) is 9.49. The average molecular weight is 318 g/mol. The number of hydrogen-bond donors (Lipinski definition) is 1. The average Bonchev–Trinajstić information content (AvgIpc) is 2.58. The number of nitriles is 1. The van der Waals surface area contributed by atoms with Crippen LogP contribution in [0.1, 0.15) is 30.4 Å². The van der Waals surface area contributed by atoms with Gasteiger partial charge in [0.15, 0.2) is 0 Å². The second-order valence-electron chi connectivity index (χ2n) is 5.34. The maximum atomic E-state index is 11.8. The molecule has 1 N–H and O–H groups in total. The van der Waals surface area contributed by atoms with Crippen LogP contribution in [-0.4, -0.2) is 36.7 Å². The van der Waals surface area contributed by atoms with E-state index in [0.29, 0.717) is 23.7 Å². The zero-order valence-corrected chi connectivity index (χ0v) is 13.5. The Hall–Kier alpha value is -1.51. The Morgan fingerprint density at radius 2 is 2.05 bits per heavy atom. The highest BCUT2D eigenvalue weighted by molar-refractivity contribution is 7.99. The molecule has 1 aromatic carbocycles. The molecule has 0 bridgehead atoms. The zero-order chi connectivity index (χ0) is 15.6. The van der Waals surface area contributed by atoms with E-state index in [4.69, 9.17) is 10.00 Å². The van der Waals surface area contributed by atoms with Crippen molar-refractivity contribution in [2.75, 3.05) is 25.5 Å². The molecule has 0 aromatic heterocycles. The van der Waals surface area contributed by atoms with Gasteiger partial charge in [-0.15, -0.1) is 0 Å². The Morgan fingerprint density at radius 3 is 2.73 bits per heavy atom. The van der Waals surface area contributed by atoms with Crippen LogP contribution >= 0.6 is 11.8 Å². The van der Waals surface area contributed by atoms with Gasteiger partial charge in [0.1, 0.15) is 0 Å². The van der Waals surface area contributed by atoms with Crippen LogP contribution in [0.2, 0.25) is 0 Å². The van der Waals surface area contributed by atoms with Gasteiger partial charge in [0.2, 0.25) is 5.91 Å². The van der Waals surface area contributed by atoms with Crippen molar-refractivity contribution in [3.63, 3.8) is 0 Å². The van der Waals surface area contributed by atoms with E-state index < -0.39 is 0 Å². The molecule has 1 saturated heterocycles. The number of carbonyl (C=O) groups is 1. The summed E-state index contributed by atoms with van der Waals surface area (Å²) in [5.74, 6) is 1.06. The van der Waals surface area contributed by atoms with Crippen molar-refractivity contribution >= 4 is 17.7 Å². The summed E-state index contributed by atoms with van der Waals surface area (Å²) in [6.45, 7) is 2.47. The number of benzene rings is 1. The SMILES string of the molecule is N#Cc1ccc(CCC(=O)NCCSC2CCOCC2)cc1. The quantitative estimate of drug-likeness (QED) is 0.785. The van der Waals surface area contributed by atoms with Gasteiger partial charge in [0.05, 0.1) is 11.6 Å². The fourth-order valence-electron chi connectivity index (χ4n) is 2.35. The van der Waals surface area contributed by atoms with E-state index in [0.717, 1.165) is 43.9 Å². The van der Waals surface area contributed by atoms with Crippen molar-refractivity contribution in [2.45, 2.75) is 30.9 Å². The van der Waals surface area contributed by atoms with E-state index in [9.17, 15) is 4.79 Å². The van der Waals surface area contributed by atoms with Crippen LogP contribution < -0.4 is 5.32 Å². The maximum absolute atomic E-state index is 11.8. The Morgan fingerprint density at radius 1 is 1.32 bits per heavy atom. The van der Waals surface area contributed by atoms with Crippen molar-refractivity contribution in [1.82, 2.24) is 5.32 Å². The predicted octanol–water partition coefficient (Wildman–Crippen LogP) is 2.52. The topological polar surface area (TPSA) is 62.1 Å². The molecule has 1 fully saturated rings. The minimum absolute atomic E-state index is 0.0944. The van der Waals surface area contributed by atoms with Gasteiger partial charge < -0.3 is 10.1 Å². The third-order valence-corrected chi connectivity index (χ3v) is 5.05. The molecule has 1 heterocycles. The number of thioether (sulfide) groups is 1. The summed E-state index contributed by atoms with van der Waals surface area (Å²) < 4.78 is 5.33. The summed E-state index contributed by atoms with van der Waals surface area (Å²) in [7, 11) is 0. The van der Waals surface area contributed by atoms with Crippen molar-refractivity contribution < 1.29 is 9.53 Å². The van der Waals surface area contributed by atoms with Gasteiger partial charge in [-0.25, -0.2) is 0 Å². The van der Waals surface area contributed by atoms with Gasteiger partial charge in [-0.1, -0.05) is 12.1 Å². The smallest absolute Gasteiger partial charge is 0.220 e. The molecule has 1 aromatic rings. The van der Waals surface area contributed by atoms with Crippen molar-refractivity contribution in [3.8, 4) is 6.07 Å². The minimum Gasteiger partial charge on any atom is -0.381 e. The normalized spacial score (nSPS) is 15.2. The predicted molar refractivity (Wildman–Crippen MR) is 88.8 cm³/mol. The highest BCUT2D eigenvalue weighted by atomic mass is 32.2. The number of rotatable bonds is 7. The van der Waals surface area contributed by atoms with Crippen LogP contribution in [0.5, 0.6) is 0 Å². The lowest BCUT2D eigenvalue weighted by Gasteiger charge is -2.21. The second-order valence-corrected chi connectivity index (χ2v) is 6.75. The monoisotopic (exact) mass is 318 g/mol. The molecule has 1 aliphatic heterocycles. The van der Waals surface area contributed by atoms with Gasteiger partial charge in [0.25, 0.3) is 0 Å². The third kappa shape index (κ3) is 6.08. The zero-order valence-electron chi connectivity index (χ0n) is 12.7. The van der Waals surface area contributed by atoms with Crippen LogP contribution in [0, 0.1) is 11.3 Å². The number of carbonyl (C=O) groups excluding carboxylic acids is 1. The van der Waals surface area contributed by atoms with Gasteiger partial charge in [-0.05, 0) is 37.0 Å². The molecule has 1 aliphatic rings. The molecule has 4 nitrogen and oxygen atoms in total. The highest BCUT2D eigenvalue weighted by Crippen LogP contribution is 2.21. The van der Waals surface area contributed by atoms with E-state index in [1.165, 1.54) is 0 Å². The van der Waals surface area contributed by atoms with Crippen LogP contribution in [0.15, 0.2) is 24.3 Å². The number of hydrogen-bond acceptors (Lipinski definition) is 4. The summed E-state index contributed by atoms with van der Waals surface area (Å²) in [5.41, 5.74) is 1.74. The molecule has 0 unspecified atom stereocenters. The summed E-state index contributed by atoms with van der Waals surface area (Å²) in [5, 5.41) is 12.4. The van der Waals surface area contributed by atoms with E-state index in [1.54, 1.807) is 12.1 Å². The van der Waals surface area contributed by atoms with E-state index in [-0.39, 0.29) is 5.91 Å². The van der Waals surface area contributed by atoms with Gasteiger partial charge in [0, 0.05) is 37.2 Å². The molecular formula is C17H22N2O2S. The lowest BCUT2D eigenvalue weighted by molar-refractivity contribution is -0.120. The molecule has 1 amide bonds. The fourth-order valence-corrected chi connectivity index (χ4v) is 3.43. The molecule has 5 heteroatoms. The van der Waals surface area contributed by atoms with E-state index in [1.807, 2.05) is 23.9 Å². The Bertz CT molecular complexity index is 504. The lowest BCUT2D eigenvalue weighted by atomic mass is 10.1. The summed E-state index contributed by atoms with van der Waals surface area (Å²) in [4.78, 5) is 11.8. The molecule has 0 spiro atoms. The standard InChI is InChI=1S/C17H22N2O2S/c18-13-15-3-1-14(2-4-15)5-6-17(20)19-9-12-22-16-7-10-21-11-8-16/h1-4,16H,5-12H2,(H,19,20). The van der Waals surface area contributed by atoms with E-state index >= 15 is 0 Å². The van der Waals surface area contributed by atoms with Crippen LogP contribution in [0.4, 0.5) is 0 Å². The number of aryl methyl sites for hydroxylation is 1. The summed E-state index contributed by atoms with van der Waals surface area (Å²) >= 11 is 1.93. The largest absolute Gasteiger partial charge is 0.381 e. The first-order valence-electron chi connectivity index (χ1n) is 7.73. The Kier molecular flexibility index (Phi) is 7.27. The molecule has 22 heavy (non-hydrogen) atoms. The first-order chi connectivity index (χ1) is 10.8. The van der Waals surface area contributed by atoms with Crippen LogP contribution in [0.25, 0.3) is 0 Å². The lowest BCUT2D eigenvalue weighted by Crippen LogP contribution is -2.27. The third-order valence-electron chi connectivity index (χ3n) is 3.67. The van der Waals surface area contributed by atoms with Crippen molar-refractivity contribution in [2.24, 2.45) is 0 Å². The van der Waals surface area contributed by atoms with Gasteiger partial charge in [-0.3, -0.25) is 4.79 Å². The first-order valence-corrected chi connectivity index (χ1v) is 8.78. The minimum atomic E-state index is 0.0944. The molecule has 0 atom stereocenters. The molecule has 2 rings (SSSR count). The van der Waals surface area contributed by atoms with Gasteiger partial charge >= 0.3 is 0 Å². The highest BCUT2D eigenvalue weighted by Gasteiger charge is 2.13. The second kappa shape index (κ2) is 9.50. The number of ether oxygens (including phenoxy) is 1. The van der Waals surface area contributed by atoms with Crippen LogP contribution in [-0.2, 0) is 16.0 Å². The molecule has 0 saturated carbocycles. The van der Waals surface area contributed by atoms with Gasteiger partial charge in [-0.2, -0.15) is 17.0 Å². The molecule has 0 radical (unpaired) electrons. The van der Waals surface area contributed by atoms with Crippen LogP contribution in [0.3, 0.4) is 0 Å². The van der Waals surface area contributed by atoms with Crippen molar-refractivity contribution in [1.29, 1.82) is 5.26 Å². The maximum Gasteiger partial charge on any atom is 0.220 e. The summed E-state index contributed by atoms with van der Waals surface area (Å²) in [6.07, 6.45) is 3.45. The first kappa shape index (κ1) is 16.9. The molecule has 118 valence electrons. The fraction of sp³-hybridized carbons (Fsp3) is 0.529. The number of nitrogens with zero attached hydrogens (tertiary/aromatic N) is 1. The molecule has 0 aliphatic carbocycles. The Labute approximate surface area is 136 Å². The molecular weight excluding hydrogens is 296 g/mol. The number of amides is 1. The van der Waals surface area contributed by atoms with Crippen molar-refractivity contribution in [3.05, 3.63) is 35.4 Å². The Balaban J connectivity index is 1.56. The van der Waals surface area contributed by atoms with E-state index in [2.05, 4.69) is 11.4 Å².